The number of allylic oxidation sites excluding steroid dienone is 2. The van der Waals surface area contributed by atoms with Crippen LogP contribution in [0.15, 0.2) is 11.1 Å². The van der Waals surface area contributed by atoms with Crippen molar-refractivity contribution in [3.63, 3.8) is 0 Å². The highest BCUT2D eigenvalue weighted by atomic mass is 14.2. The molecule has 1 saturated carbocycles. The first-order chi connectivity index (χ1) is 6.70. The Hall–Kier alpha value is -0.260. The maximum absolute atomic E-state index is 2.36. The molecule has 0 radical (unpaired) electrons. The summed E-state index contributed by atoms with van der Waals surface area (Å²) in [5, 5.41) is 0. The minimum Gasteiger partial charge on any atom is -0.0776 e. The monoisotopic (exact) mass is 226 g/mol. The van der Waals surface area contributed by atoms with Crippen molar-refractivity contribution in [2.75, 3.05) is 0 Å². The van der Waals surface area contributed by atoms with Gasteiger partial charge in [0.1, 0.15) is 0 Å². The van der Waals surface area contributed by atoms with Gasteiger partial charge in [-0.25, -0.2) is 0 Å². The fraction of sp³-hybridized carbons (Fsp3) is 0.875. The topological polar surface area (TPSA) is 0 Å². The molecule has 16 heavy (non-hydrogen) atoms. The van der Waals surface area contributed by atoms with E-state index in [0.717, 1.165) is 5.92 Å². The Morgan fingerprint density at radius 1 is 1.00 bits per heavy atom. The van der Waals surface area contributed by atoms with Crippen molar-refractivity contribution in [1.29, 1.82) is 0 Å². The molecule has 1 rings (SSSR count). The van der Waals surface area contributed by atoms with Crippen molar-refractivity contribution in [2.24, 2.45) is 11.3 Å². The summed E-state index contributed by atoms with van der Waals surface area (Å²) in [5.41, 5.74) is 3.78. The van der Waals surface area contributed by atoms with Gasteiger partial charge in [-0.3, -0.25) is 0 Å². The Labute approximate surface area is 105 Å². The molecular formula is C16H34. The summed E-state index contributed by atoms with van der Waals surface area (Å²) in [6, 6.07) is 0. The predicted octanol–water partition coefficient (Wildman–Crippen LogP) is 6.22. The zero-order chi connectivity index (χ0) is 12.1. The first-order valence-electron chi connectivity index (χ1n) is 6.35. The van der Waals surface area contributed by atoms with Crippen LogP contribution in [0.5, 0.6) is 0 Å². The smallest absolute Gasteiger partial charge is 0.0315 e. The van der Waals surface area contributed by atoms with Gasteiger partial charge in [-0.2, -0.15) is 0 Å². The molecule has 1 aliphatic rings. The molecule has 0 unspecified atom stereocenters. The minimum absolute atomic E-state index is 0. The van der Waals surface area contributed by atoms with Crippen LogP contribution < -0.4 is 0 Å². The lowest BCUT2D eigenvalue weighted by Crippen LogP contribution is -2.04. The average Bonchev–Trinajstić information content (AvgIpc) is 2.01. The van der Waals surface area contributed by atoms with E-state index in [1.54, 1.807) is 11.1 Å². The van der Waals surface area contributed by atoms with Gasteiger partial charge in [-0.15, -0.1) is 0 Å². The maximum Gasteiger partial charge on any atom is -0.0315 e. The Kier molecular flexibility index (Phi) is 8.97. The summed E-state index contributed by atoms with van der Waals surface area (Å²) in [5.74, 6) is 0.975. The fourth-order valence-corrected chi connectivity index (χ4v) is 1.61. The average molecular weight is 226 g/mol. The van der Waals surface area contributed by atoms with Crippen LogP contribution in [0.2, 0.25) is 0 Å². The summed E-state index contributed by atoms with van der Waals surface area (Å²) in [4.78, 5) is 0. The van der Waals surface area contributed by atoms with Gasteiger partial charge in [-0.05, 0) is 50.9 Å². The Bertz CT molecular complexity index is 183. The first kappa shape index (κ1) is 18.1. The van der Waals surface area contributed by atoms with Crippen LogP contribution in [0, 0.1) is 11.3 Å². The van der Waals surface area contributed by atoms with Crippen molar-refractivity contribution in [3.05, 3.63) is 11.1 Å². The maximum atomic E-state index is 2.36. The largest absolute Gasteiger partial charge is 0.0776 e. The van der Waals surface area contributed by atoms with Crippen LogP contribution in [0.25, 0.3) is 0 Å². The van der Waals surface area contributed by atoms with Gasteiger partial charge in [0.05, 0.1) is 0 Å². The normalized spacial score (nSPS) is 20.4. The molecule has 0 nitrogen and oxygen atoms in total. The van der Waals surface area contributed by atoms with Gasteiger partial charge < -0.3 is 0 Å². The SMILES string of the molecule is C.CC(C)(C)C.CC(C)=C1CCC(C)CC1. The lowest BCUT2D eigenvalue weighted by Gasteiger charge is -2.21. The Balaban J connectivity index is 0. The van der Waals surface area contributed by atoms with Crippen LogP contribution in [0.1, 0.15) is 81.6 Å². The molecule has 98 valence electrons. The summed E-state index contributed by atoms with van der Waals surface area (Å²) < 4.78 is 0. The van der Waals surface area contributed by atoms with Gasteiger partial charge >= 0.3 is 0 Å². The molecule has 0 heterocycles. The van der Waals surface area contributed by atoms with Gasteiger partial charge in [-0.1, -0.05) is 53.2 Å². The predicted molar refractivity (Wildman–Crippen MR) is 77.9 cm³/mol. The van der Waals surface area contributed by atoms with Gasteiger partial charge in [0.15, 0.2) is 0 Å². The van der Waals surface area contributed by atoms with E-state index < -0.39 is 0 Å². The summed E-state index contributed by atoms with van der Waals surface area (Å²) in [6.07, 6.45) is 5.56. The molecule has 1 aliphatic carbocycles. The number of hydrogen-bond acceptors (Lipinski definition) is 0. The quantitative estimate of drug-likeness (QED) is 0.430. The molecule has 0 aromatic rings. The zero-order valence-corrected chi connectivity index (χ0v) is 11.9. The van der Waals surface area contributed by atoms with E-state index in [9.17, 15) is 0 Å². The highest BCUT2D eigenvalue weighted by molar-refractivity contribution is 5.11. The second kappa shape index (κ2) is 7.92. The van der Waals surface area contributed by atoms with E-state index in [2.05, 4.69) is 48.5 Å². The standard InChI is InChI=1S/C10H18.C5H12.CH4/c1-8(2)10-6-4-9(3)5-7-10;1-5(2,3)4;/h9H,4-7H2,1-3H3;1-4H3;1H4. The molecule has 0 atom stereocenters. The molecule has 1 fully saturated rings. The highest BCUT2D eigenvalue weighted by Crippen LogP contribution is 2.29. The number of rotatable bonds is 0. The first-order valence-corrected chi connectivity index (χ1v) is 6.35. The minimum atomic E-state index is 0. The van der Waals surface area contributed by atoms with Crippen molar-refractivity contribution in [3.8, 4) is 0 Å². The molecule has 0 spiro atoms. The summed E-state index contributed by atoms with van der Waals surface area (Å²) >= 11 is 0. The van der Waals surface area contributed by atoms with Crippen LogP contribution in [0.3, 0.4) is 0 Å². The van der Waals surface area contributed by atoms with Crippen molar-refractivity contribution >= 4 is 0 Å². The lowest BCUT2D eigenvalue weighted by molar-refractivity contribution is 0.441. The number of hydrogen-bond donors (Lipinski definition) is 0. The van der Waals surface area contributed by atoms with Crippen molar-refractivity contribution in [1.82, 2.24) is 0 Å². The molecule has 0 heteroatoms. The lowest BCUT2D eigenvalue weighted by atomic mass is 9.85. The van der Waals surface area contributed by atoms with E-state index in [1.807, 2.05) is 0 Å². The van der Waals surface area contributed by atoms with Gasteiger partial charge in [0.25, 0.3) is 0 Å². The van der Waals surface area contributed by atoms with E-state index in [1.165, 1.54) is 25.7 Å². The van der Waals surface area contributed by atoms with E-state index in [4.69, 9.17) is 0 Å². The molecule has 0 bridgehead atoms. The third-order valence-corrected chi connectivity index (χ3v) is 2.58. The molecule has 0 aromatic carbocycles. The highest BCUT2D eigenvalue weighted by Gasteiger charge is 2.12. The molecule has 0 aliphatic heterocycles. The molecule has 0 saturated heterocycles. The zero-order valence-electron chi connectivity index (χ0n) is 11.9. The van der Waals surface area contributed by atoms with E-state index in [-0.39, 0.29) is 7.43 Å². The molecule has 0 amide bonds. The van der Waals surface area contributed by atoms with Crippen LogP contribution in [0.4, 0.5) is 0 Å². The molecule has 0 aromatic heterocycles. The van der Waals surface area contributed by atoms with Crippen molar-refractivity contribution < 1.29 is 0 Å². The van der Waals surface area contributed by atoms with E-state index >= 15 is 0 Å². The third-order valence-electron chi connectivity index (χ3n) is 2.58. The third kappa shape index (κ3) is 11.8. The van der Waals surface area contributed by atoms with Gasteiger partial charge in [0.2, 0.25) is 0 Å². The van der Waals surface area contributed by atoms with Crippen LogP contribution in [-0.4, -0.2) is 0 Å². The molecular weight excluding hydrogens is 192 g/mol. The Morgan fingerprint density at radius 2 is 1.31 bits per heavy atom. The summed E-state index contributed by atoms with van der Waals surface area (Å²) in [7, 11) is 0. The van der Waals surface area contributed by atoms with Crippen LogP contribution >= 0.6 is 0 Å². The fourth-order valence-electron chi connectivity index (χ4n) is 1.61. The molecule has 0 N–H and O–H groups in total. The summed E-state index contributed by atoms with van der Waals surface area (Å²) in [6.45, 7) is 15.6. The van der Waals surface area contributed by atoms with E-state index in [0.29, 0.717) is 5.41 Å². The Morgan fingerprint density at radius 3 is 1.56 bits per heavy atom. The van der Waals surface area contributed by atoms with Gasteiger partial charge in [0, 0.05) is 0 Å². The van der Waals surface area contributed by atoms with Crippen LogP contribution in [-0.2, 0) is 0 Å². The second-order valence-electron chi connectivity index (χ2n) is 6.79. The van der Waals surface area contributed by atoms with Crippen molar-refractivity contribution in [2.45, 2.75) is 81.6 Å². The second-order valence-corrected chi connectivity index (χ2v) is 6.79.